The maximum absolute atomic E-state index is 5.14. The lowest BCUT2D eigenvalue weighted by Crippen LogP contribution is -2.41. The van der Waals surface area contributed by atoms with Gasteiger partial charge in [0, 0.05) is 19.7 Å². The molecule has 2 N–H and O–H groups in total. The Kier molecular flexibility index (Phi) is 5.19. The van der Waals surface area contributed by atoms with Crippen molar-refractivity contribution >= 4 is 17.3 Å². The molecule has 4 heteroatoms. The van der Waals surface area contributed by atoms with Gasteiger partial charge in [-0.2, -0.15) is 0 Å². The minimum Gasteiger partial charge on any atom is -0.383 e. The Morgan fingerprint density at radius 2 is 2.29 bits per heavy atom. The van der Waals surface area contributed by atoms with Crippen LogP contribution in [0.25, 0.3) is 0 Å². The van der Waals surface area contributed by atoms with Crippen molar-refractivity contribution in [3.05, 3.63) is 0 Å². The highest BCUT2D eigenvalue weighted by Gasteiger charge is 2.23. The molecule has 0 spiro atoms. The molecule has 0 aromatic heterocycles. The number of thiocarbonyl (C=S) groups is 1. The highest BCUT2D eigenvalue weighted by atomic mass is 32.1. The van der Waals surface area contributed by atoms with Crippen molar-refractivity contribution in [3.8, 4) is 0 Å². The predicted octanol–water partition coefficient (Wildman–Crippen LogP) is 1.29. The van der Waals surface area contributed by atoms with E-state index in [1.807, 2.05) is 0 Å². The third-order valence-electron chi connectivity index (χ3n) is 2.35. The molecule has 14 heavy (non-hydrogen) atoms. The molecule has 0 radical (unpaired) electrons. The molecule has 0 saturated heterocycles. The maximum atomic E-state index is 5.14. The Morgan fingerprint density at radius 3 is 2.86 bits per heavy atom. The average Bonchev–Trinajstić information content (AvgIpc) is 2.88. The molecular formula is C10H20N2OS. The van der Waals surface area contributed by atoms with E-state index in [9.17, 15) is 0 Å². The van der Waals surface area contributed by atoms with Crippen molar-refractivity contribution in [1.82, 2.24) is 10.6 Å². The van der Waals surface area contributed by atoms with Gasteiger partial charge < -0.3 is 15.4 Å². The normalized spacial score (nSPS) is 17.6. The second-order valence-electron chi connectivity index (χ2n) is 3.97. The summed E-state index contributed by atoms with van der Waals surface area (Å²) in [4.78, 5) is 0. The molecule has 0 aromatic rings. The summed E-state index contributed by atoms with van der Waals surface area (Å²) in [6, 6.07) is 0.491. The van der Waals surface area contributed by atoms with Gasteiger partial charge in [-0.25, -0.2) is 0 Å². The first-order chi connectivity index (χ1) is 6.72. The summed E-state index contributed by atoms with van der Waals surface area (Å²) >= 11 is 5.14. The van der Waals surface area contributed by atoms with E-state index in [0.717, 1.165) is 17.6 Å². The molecule has 82 valence electrons. The van der Waals surface area contributed by atoms with Crippen LogP contribution in [0.5, 0.6) is 0 Å². The van der Waals surface area contributed by atoms with Crippen LogP contribution in [0.1, 0.15) is 26.2 Å². The lowest BCUT2D eigenvalue weighted by molar-refractivity contribution is 0.204. The minimum absolute atomic E-state index is 0.491. The van der Waals surface area contributed by atoms with Gasteiger partial charge in [-0.1, -0.05) is 12.8 Å². The van der Waals surface area contributed by atoms with Crippen LogP contribution in [0.15, 0.2) is 0 Å². The molecule has 0 aromatic carbocycles. The van der Waals surface area contributed by atoms with Crippen molar-refractivity contribution in [2.75, 3.05) is 20.3 Å². The molecule has 3 nitrogen and oxygen atoms in total. The Morgan fingerprint density at radius 1 is 1.57 bits per heavy atom. The second kappa shape index (κ2) is 6.19. The van der Waals surface area contributed by atoms with E-state index in [4.69, 9.17) is 17.0 Å². The molecule has 1 rings (SSSR count). The SMILES string of the molecule is COCCNC(=S)NC(C)CC1CC1. The topological polar surface area (TPSA) is 33.3 Å². The highest BCUT2D eigenvalue weighted by molar-refractivity contribution is 7.80. The van der Waals surface area contributed by atoms with Crippen LogP contribution in [-0.2, 0) is 4.74 Å². The molecule has 1 atom stereocenters. The molecule has 1 aliphatic rings. The van der Waals surface area contributed by atoms with Gasteiger partial charge in [0.05, 0.1) is 6.61 Å². The van der Waals surface area contributed by atoms with Gasteiger partial charge in [-0.3, -0.25) is 0 Å². The number of methoxy groups -OCH3 is 1. The molecule has 1 saturated carbocycles. The molecule has 1 aliphatic carbocycles. The smallest absolute Gasteiger partial charge is 0.166 e. The molecule has 0 heterocycles. The van der Waals surface area contributed by atoms with E-state index in [1.54, 1.807) is 7.11 Å². The molecule has 0 amide bonds. The van der Waals surface area contributed by atoms with Crippen LogP contribution in [0, 0.1) is 5.92 Å². The van der Waals surface area contributed by atoms with E-state index >= 15 is 0 Å². The van der Waals surface area contributed by atoms with Crippen molar-refractivity contribution < 1.29 is 4.74 Å². The minimum atomic E-state index is 0.491. The number of nitrogens with one attached hydrogen (secondary N) is 2. The number of rotatable bonds is 6. The quantitative estimate of drug-likeness (QED) is 0.518. The average molecular weight is 216 g/mol. The number of hydrogen-bond acceptors (Lipinski definition) is 2. The molecule has 0 aliphatic heterocycles. The maximum Gasteiger partial charge on any atom is 0.166 e. The van der Waals surface area contributed by atoms with E-state index in [2.05, 4.69) is 17.6 Å². The Bertz CT molecular complexity index is 183. The van der Waals surface area contributed by atoms with E-state index in [-0.39, 0.29) is 0 Å². The van der Waals surface area contributed by atoms with Gasteiger partial charge in [-0.15, -0.1) is 0 Å². The van der Waals surface area contributed by atoms with Gasteiger partial charge >= 0.3 is 0 Å². The van der Waals surface area contributed by atoms with Gasteiger partial charge in [0.15, 0.2) is 5.11 Å². The van der Waals surface area contributed by atoms with Gasteiger partial charge in [-0.05, 0) is 31.5 Å². The van der Waals surface area contributed by atoms with Gasteiger partial charge in [0.1, 0.15) is 0 Å². The zero-order valence-corrected chi connectivity index (χ0v) is 9.82. The van der Waals surface area contributed by atoms with Crippen LogP contribution < -0.4 is 10.6 Å². The van der Waals surface area contributed by atoms with Crippen LogP contribution in [-0.4, -0.2) is 31.4 Å². The van der Waals surface area contributed by atoms with Crippen molar-refractivity contribution in [3.63, 3.8) is 0 Å². The monoisotopic (exact) mass is 216 g/mol. The van der Waals surface area contributed by atoms with E-state index < -0.39 is 0 Å². The summed E-state index contributed by atoms with van der Waals surface area (Å²) in [6.07, 6.45) is 4.04. The Labute approximate surface area is 91.6 Å². The van der Waals surface area contributed by atoms with Crippen LogP contribution in [0.4, 0.5) is 0 Å². The van der Waals surface area contributed by atoms with Crippen molar-refractivity contribution in [2.24, 2.45) is 5.92 Å². The molecule has 1 unspecified atom stereocenters. The Hall–Kier alpha value is -0.350. The van der Waals surface area contributed by atoms with Crippen molar-refractivity contribution in [1.29, 1.82) is 0 Å². The third kappa shape index (κ3) is 5.40. The fraction of sp³-hybridized carbons (Fsp3) is 0.900. The van der Waals surface area contributed by atoms with Crippen LogP contribution in [0.3, 0.4) is 0 Å². The fourth-order valence-electron chi connectivity index (χ4n) is 1.45. The summed E-state index contributed by atoms with van der Waals surface area (Å²) in [5.41, 5.74) is 0. The predicted molar refractivity (Wildman–Crippen MR) is 62.4 cm³/mol. The zero-order valence-electron chi connectivity index (χ0n) is 9.01. The summed E-state index contributed by atoms with van der Waals surface area (Å²) in [5.74, 6) is 0.944. The zero-order chi connectivity index (χ0) is 10.4. The van der Waals surface area contributed by atoms with E-state index in [0.29, 0.717) is 12.6 Å². The summed E-state index contributed by atoms with van der Waals surface area (Å²) in [5, 5.41) is 7.12. The fourth-order valence-corrected chi connectivity index (χ4v) is 1.76. The lowest BCUT2D eigenvalue weighted by Gasteiger charge is -2.16. The van der Waals surface area contributed by atoms with Gasteiger partial charge in [0.2, 0.25) is 0 Å². The summed E-state index contributed by atoms with van der Waals surface area (Å²) < 4.78 is 4.92. The molecular weight excluding hydrogens is 196 g/mol. The second-order valence-corrected chi connectivity index (χ2v) is 4.38. The lowest BCUT2D eigenvalue weighted by atomic mass is 10.2. The number of ether oxygens (including phenoxy) is 1. The summed E-state index contributed by atoms with van der Waals surface area (Å²) in [7, 11) is 1.69. The standard InChI is InChI=1S/C10H20N2OS/c1-8(7-9-3-4-9)12-10(14)11-5-6-13-2/h8-9H,3-7H2,1-2H3,(H2,11,12,14). The number of hydrogen-bond donors (Lipinski definition) is 2. The highest BCUT2D eigenvalue weighted by Crippen LogP contribution is 2.33. The molecule has 0 bridgehead atoms. The largest absolute Gasteiger partial charge is 0.383 e. The summed E-state index contributed by atoms with van der Waals surface area (Å²) in [6.45, 7) is 3.65. The van der Waals surface area contributed by atoms with Crippen LogP contribution in [0.2, 0.25) is 0 Å². The molecule has 1 fully saturated rings. The first kappa shape index (κ1) is 11.7. The first-order valence-corrected chi connectivity index (χ1v) is 5.66. The van der Waals surface area contributed by atoms with E-state index in [1.165, 1.54) is 19.3 Å². The first-order valence-electron chi connectivity index (χ1n) is 5.25. The third-order valence-corrected chi connectivity index (χ3v) is 2.62. The Balaban J connectivity index is 1.99. The van der Waals surface area contributed by atoms with Crippen LogP contribution >= 0.6 is 12.2 Å². The van der Waals surface area contributed by atoms with Gasteiger partial charge in [0.25, 0.3) is 0 Å². The van der Waals surface area contributed by atoms with Crippen molar-refractivity contribution in [2.45, 2.75) is 32.2 Å².